The average Bonchev–Trinajstić information content (AvgIpc) is 3.13. The second-order valence-corrected chi connectivity index (χ2v) is 7.03. The number of benzene rings is 1. The van der Waals surface area contributed by atoms with Gasteiger partial charge in [0.2, 0.25) is 15.8 Å². The lowest BCUT2D eigenvalue weighted by molar-refractivity contribution is 0.0468. The van der Waals surface area contributed by atoms with E-state index in [-0.39, 0.29) is 23.7 Å². The van der Waals surface area contributed by atoms with Crippen LogP contribution >= 0.6 is 0 Å². The van der Waals surface area contributed by atoms with Crippen molar-refractivity contribution in [3.63, 3.8) is 0 Å². The van der Waals surface area contributed by atoms with Gasteiger partial charge in [-0.1, -0.05) is 0 Å². The van der Waals surface area contributed by atoms with Crippen LogP contribution in [0, 0.1) is 11.6 Å². The van der Waals surface area contributed by atoms with Crippen molar-refractivity contribution in [1.82, 2.24) is 9.71 Å². The number of aromatic amines is 1. The first kappa shape index (κ1) is 20.7. The predicted molar refractivity (Wildman–Crippen MR) is 88.8 cm³/mol. The van der Waals surface area contributed by atoms with Crippen molar-refractivity contribution in [1.29, 1.82) is 0 Å². The van der Waals surface area contributed by atoms with E-state index in [2.05, 4.69) is 9.71 Å². The average molecular weight is 402 g/mol. The van der Waals surface area contributed by atoms with Gasteiger partial charge >= 0.3 is 5.97 Å². The molecule has 0 atom stereocenters. The van der Waals surface area contributed by atoms with Gasteiger partial charge < -0.3 is 14.5 Å². The number of sulfonamides is 1. The Balaban J connectivity index is 2.00. The van der Waals surface area contributed by atoms with Gasteiger partial charge in [-0.05, 0) is 24.3 Å². The summed E-state index contributed by atoms with van der Waals surface area (Å²) in [5.41, 5.74) is -0.783. The van der Waals surface area contributed by atoms with Gasteiger partial charge in [0, 0.05) is 19.9 Å². The lowest BCUT2D eigenvalue weighted by atomic mass is 10.1. The van der Waals surface area contributed by atoms with Crippen LogP contribution in [-0.2, 0) is 19.5 Å². The van der Waals surface area contributed by atoms with Crippen LogP contribution in [-0.4, -0.2) is 52.0 Å². The van der Waals surface area contributed by atoms with E-state index in [9.17, 15) is 26.8 Å². The fourth-order valence-electron chi connectivity index (χ4n) is 2.01. The van der Waals surface area contributed by atoms with Crippen LogP contribution in [0.4, 0.5) is 8.78 Å². The van der Waals surface area contributed by atoms with E-state index in [4.69, 9.17) is 9.47 Å². The van der Waals surface area contributed by atoms with E-state index in [1.807, 2.05) is 0 Å². The molecule has 27 heavy (non-hydrogen) atoms. The lowest BCUT2D eigenvalue weighted by Crippen LogP contribution is -2.26. The number of esters is 1. The molecule has 0 aliphatic rings. The summed E-state index contributed by atoms with van der Waals surface area (Å²) in [6.07, 6.45) is 1.07. The quantitative estimate of drug-likeness (QED) is 0.371. The van der Waals surface area contributed by atoms with Crippen LogP contribution in [0.3, 0.4) is 0 Å². The van der Waals surface area contributed by atoms with Crippen molar-refractivity contribution in [3.05, 3.63) is 53.4 Å². The van der Waals surface area contributed by atoms with Gasteiger partial charge in [-0.2, -0.15) is 0 Å². The fraction of sp³-hybridized carbons (Fsp3) is 0.250. The van der Waals surface area contributed by atoms with Crippen LogP contribution in [0.5, 0.6) is 0 Å². The Kier molecular flexibility index (Phi) is 6.77. The number of halogens is 2. The Morgan fingerprint density at radius 2 is 1.96 bits per heavy atom. The van der Waals surface area contributed by atoms with Gasteiger partial charge in [-0.3, -0.25) is 4.79 Å². The molecular formula is C16H16F2N2O6S. The number of nitrogens with one attached hydrogen (secondary N) is 2. The highest BCUT2D eigenvalue weighted by atomic mass is 32.2. The monoisotopic (exact) mass is 402 g/mol. The van der Waals surface area contributed by atoms with Crippen molar-refractivity contribution >= 4 is 21.8 Å². The number of rotatable bonds is 9. The van der Waals surface area contributed by atoms with E-state index >= 15 is 0 Å². The van der Waals surface area contributed by atoms with Crippen LogP contribution in [0.1, 0.15) is 20.8 Å². The van der Waals surface area contributed by atoms with Crippen LogP contribution in [0.15, 0.2) is 35.4 Å². The van der Waals surface area contributed by atoms with Gasteiger partial charge in [0.15, 0.2) is 6.61 Å². The first-order chi connectivity index (χ1) is 12.7. The second kappa shape index (κ2) is 8.84. The van der Waals surface area contributed by atoms with E-state index in [1.54, 1.807) is 0 Å². The highest BCUT2D eigenvalue weighted by Gasteiger charge is 2.20. The third-order valence-electron chi connectivity index (χ3n) is 3.35. The zero-order valence-corrected chi connectivity index (χ0v) is 14.9. The minimum absolute atomic E-state index is 0.0392. The number of H-pyrrole nitrogens is 1. The maximum absolute atomic E-state index is 13.5. The number of ketones is 1. The van der Waals surface area contributed by atoms with Gasteiger partial charge in [0.1, 0.15) is 22.2 Å². The molecule has 2 aromatic rings. The maximum atomic E-state index is 13.5. The number of ether oxygens (including phenoxy) is 2. The highest BCUT2D eigenvalue weighted by molar-refractivity contribution is 7.89. The zero-order chi connectivity index (χ0) is 20.0. The Bertz CT molecular complexity index is 942. The van der Waals surface area contributed by atoms with Gasteiger partial charge in [-0.25, -0.2) is 26.7 Å². The molecule has 0 aliphatic carbocycles. The van der Waals surface area contributed by atoms with E-state index in [0.717, 1.165) is 24.4 Å². The minimum atomic E-state index is -3.86. The van der Waals surface area contributed by atoms with E-state index < -0.39 is 45.6 Å². The maximum Gasteiger partial charge on any atom is 0.355 e. The Morgan fingerprint density at radius 1 is 1.22 bits per heavy atom. The summed E-state index contributed by atoms with van der Waals surface area (Å²) in [4.78, 5) is 26.0. The standard InChI is InChI=1S/C16H16F2N2O6S/c1-25-5-4-20-27(23,24)11-7-14(19-8-11)16(22)26-9-15(21)12-6-10(17)2-3-13(12)18/h2-3,6-8,19-20H,4-5,9H2,1H3. The molecule has 0 aliphatic heterocycles. The normalized spacial score (nSPS) is 11.4. The second-order valence-electron chi connectivity index (χ2n) is 5.26. The predicted octanol–water partition coefficient (Wildman–Crippen LogP) is 1.26. The molecule has 1 heterocycles. The summed E-state index contributed by atoms with van der Waals surface area (Å²) in [5.74, 6) is -3.74. The fourth-order valence-corrected chi connectivity index (χ4v) is 3.01. The molecule has 0 saturated carbocycles. The lowest BCUT2D eigenvalue weighted by Gasteiger charge is -2.04. The molecule has 1 aromatic carbocycles. The molecule has 1 aromatic heterocycles. The van der Waals surface area contributed by atoms with Crippen molar-refractivity contribution in [2.75, 3.05) is 26.9 Å². The van der Waals surface area contributed by atoms with Crippen LogP contribution in [0.2, 0.25) is 0 Å². The van der Waals surface area contributed by atoms with Crippen LogP contribution in [0.25, 0.3) is 0 Å². The van der Waals surface area contributed by atoms with Crippen molar-refractivity contribution in [3.8, 4) is 0 Å². The van der Waals surface area contributed by atoms with Crippen molar-refractivity contribution in [2.24, 2.45) is 0 Å². The number of carbonyl (C=O) groups is 2. The van der Waals surface area contributed by atoms with E-state index in [0.29, 0.717) is 6.07 Å². The smallest absolute Gasteiger partial charge is 0.355 e. The van der Waals surface area contributed by atoms with Gasteiger partial charge in [-0.15, -0.1) is 0 Å². The SMILES string of the molecule is COCCNS(=O)(=O)c1c[nH]c(C(=O)OCC(=O)c2cc(F)ccc2F)c1. The Labute approximate surface area is 153 Å². The highest BCUT2D eigenvalue weighted by Crippen LogP contribution is 2.13. The minimum Gasteiger partial charge on any atom is -0.453 e. The summed E-state index contributed by atoms with van der Waals surface area (Å²) in [5, 5.41) is 0. The number of Topliss-reactive ketones (excluding diaryl/α,β-unsaturated/α-hetero) is 1. The first-order valence-electron chi connectivity index (χ1n) is 7.57. The van der Waals surface area contributed by atoms with E-state index in [1.165, 1.54) is 7.11 Å². The summed E-state index contributed by atoms with van der Waals surface area (Å²) < 4.78 is 62.3. The van der Waals surface area contributed by atoms with Gasteiger partial charge in [0.05, 0.1) is 12.2 Å². The zero-order valence-electron chi connectivity index (χ0n) is 14.1. The molecule has 0 fully saturated rings. The summed E-state index contributed by atoms with van der Waals surface area (Å²) in [6.45, 7) is -0.638. The number of carbonyl (C=O) groups excluding carboxylic acids is 2. The topological polar surface area (TPSA) is 115 Å². The van der Waals surface area contributed by atoms with Crippen molar-refractivity contribution in [2.45, 2.75) is 4.90 Å². The molecular weight excluding hydrogens is 386 g/mol. The summed E-state index contributed by atoms with van der Waals surface area (Å²) in [6, 6.07) is 3.34. The number of aromatic nitrogens is 1. The Morgan fingerprint density at radius 3 is 2.67 bits per heavy atom. The molecule has 0 bridgehead atoms. The number of hydrogen-bond acceptors (Lipinski definition) is 6. The molecule has 8 nitrogen and oxygen atoms in total. The third-order valence-corrected chi connectivity index (χ3v) is 4.79. The third kappa shape index (κ3) is 5.42. The molecule has 0 saturated heterocycles. The Hall–Kier alpha value is -2.63. The molecule has 0 radical (unpaired) electrons. The molecule has 2 rings (SSSR count). The largest absolute Gasteiger partial charge is 0.453 e. The first-order valence-corrected chi connectivity index (χ1v) is 9.05. The van der Waals surface area contributed by atoms with Crippen molar-refractivity contribution < 1.29 is 36.3 Å². The summed E-state index contributed by atoms with van der Waals surface area (Å²) in [7, 11) is -2.44. The molecule has 0 unspecified atom stereocenters. The molecule has 0 amide bonds. The summed E-state index contributed by atoms with van der Waals surface area (Å²) >= 11 is 0. The molecule has 146 valence electrons. The van der Waals surface area contributed by atoms with Gasteiger partial charge in [0.25, 0.3) is 0 Å². The number of hydrogen-bond donors (Lipinski definition) is 2. The van der Waals surface area contributed by atoms with Crippen LogP contribution < -0.4 is 4.72 Å². The number of methoxy groups -OCH3 is 1. The molecule has 0 spiro atoms. The molecule has 11 heteroatoms. The molecule has 2 N–H and O–H groups in total.